The molecular formula is C6Cl2F4N2O. The Bertz CT molecular complexity index is 421. The first-order chi connectivity index (χ1) is 6.79. The van der Waals surface area contributed by atoms with Crippen molar-refractivity contribution < 1.29 is 17.6 Å². The third kappa shape index (κ3) is 2.18. The summed E-state index contributed by atoms with van der Waals surface area (Å²) in [6.07, 6.45) is -4.98. The normalized spacial score (nSPS) is 11.6. The van der Waals surface area contributed by atoms with Crippen molar-refractivity contribution in [3.05, 3.63) is 26.6 Å². The van der Waals surface area contributed by atoms with E-state index in [4.69, 9.17) is 23.2 Å². The maximum absolute atomic E-state index is 12.7. The molecule has 0 radical (unpaired) electrons. The van der Waals surface area contributed by atoms with Gasteiger partial charge in [0, 0.05) is 0 Å². The van der Waals surface area contributed by atoms with E-state index in [1.807, 2.05) is 0 Å². The number of pyridine rings is 1. The van der Waals surface area contributed by atoms with E-state index in [2.05, 4.69) is 10.2 Å². The van der Waals surface area contributed by atoms with Crippen LogP contribution in [0.15, 0.2) is 5.18 Å². The van der Waals surface area contributed by atoms with Crippen molar-refractivity contribution >= 4 is 28.9 Å². The molecule has 82 valence electrons. The molecule has 1 aromatic rings. The third-order valence-electron chi connectivity index (χ3n) is 1.37. The van der Waals surface area contributed by atoms with Crippen LogP contribution in [0.3, 0.4) is 0 Å². The topological polar surface area (TPSA) is 42.3 Å². The van der Waals surface area contributed by atoms with Gasteiger partial charge in [-0.1, -0.05) is 23.2 Å². The zero-order valence-electron chi connectivity index (χ0n) is 6.57. The Labute approximate surface area is 90.0 Å². The molecule has 1 rings (SSSR count). The minimum atomic E-state index is -4.98. The quantitative estimate of drug-likeness (QED) is 0.437. The molecule has 0 amide bonds. The highest BCUT2D eigenvalue weighted by Gasteiger charge is 2.38. The van der Waals surface area contributed by atoms with Crippen molar-refractivity contribution in [1.29, 1.82) is 0 Å². The number of aromatic nitrogens is 1. The summed E-state index contributed by atoms with van der Waals surface area (Å²) in [6.45, 7) is 0. The number of halogens is 6. The lowest BCUT2D eigenvalue weighted by Gasteiger charge is -2.09. The minimum Gasteiger partial charge on any atom is -0.212 e. The zero-order valence-corrected chi connectivity index (χ0v) is 8.08. The van der Waals surface area contributed by atoms with Crippen molar-refractivity contribution in [2.45, 2.75) is 6.18 Å². The Morgan fingerprint density at radius 2 is 1.73 bits per heavy atom. The molecule has 0 N–H and O–H groups in total. The van der Waals surface area contributed by atoms with Crippen LogP contribution in [0.4, 0.5) is 23.2 Å². The third-order valence-corrected chi connectivity index (χ3v) is 2.07. The van der Waals surface area contributed by atoms with Crippen LogP contribution in [-0.4, -0.2) is 4.98 Å². The predicted molar refractivity (Wildman–Crippen MR) is 44.7 cm³/mol. The molecule has 3 nitrogen and oxygen atoms in total. The Kier molecular flexibility index (Phi) is 3.15. The van der Waals surface area contributed by atoms with Crippen molar-refractivity contribution in [2.75, 3.05) is 0 Å². The molecule has 0 aromatic carbocycles. The van der Waals surface area contributed by atoms with Crippen LogP contribution in [0.2, 0.25) is 10.0 Å². The number of hydrogen-bond donors (Lipinski definition) is 0. The van der Waals surface area contributed by atoms with Crippen LogP contribution in [0.5, 0.6) is 0 Å². The van der Waals surface area contributed by atoms with Crippen LogP contribution in [0.25, 0.3) is 0 Å². The molecule has 1 aromatic heterocycles. The van der Waals surface area contributed by atoms with Gasteiger partial charge in [-0.2, -0.15) is 17.6 Å². The van der Waals surface area contributed by atoms with Crippen LogP contribution < -0.4 is 0 Å². The van der Waals surface area contributed by atoms with Crippen LogP contribution in [0, 0.1) is 10.9 Å². The van der Waals surface area contributed by atoms with E-state index in [1.54, 1.807) is 0 Å². The molecule has 0 aliphatic rings. The Balaban J connectivity index is 3.58. The number of alkyl halides is 3. The lowest BCUT2D eigenvalue weighted by Crippen LogP contribution is -2.10. The van der Waals surface area contributed by atoms with Gasteiger partial charge in [-0.3, -0.25) is 0 Å². The molecule has 15 heavy (non-hydrogen) atoms. The van der Waals surface area contributed by atoms with Gasteiger partial charge in [-0.05, 0) is 5.18 Å². The summed E-state index contributed by atoms with van der Waals surface area (Å²) in [5.41, 5.74) is -2.75. The minimum absolute atomic E-state index is 0.942. The van der Waals surface area contributed by atoms with Crippen molar-refractivity contribution in [3.8, 4) is 0 Å². The first-order valence-corrected chi connectivity index (χ1v) is 3.99. The summed E-state index contributed by atoms with van der Waals surface area (Å²) in [7, 11) is 0. The largest absolute Gasteiger partial charge is 0.435 e. The van der Waals surface area contributed by atoms with E-state index in [0.29, 0.717) is 0 Å². The molecule has 0 saturated heterocycles. The van der Waals surface area contributed by atoms with E-state index >= 15 is 0 Å². The molecule has 0 bridgehead atoms. The molecule has 0 spiro atoms. The average molecular weight is 263 g/mol. The maximum Gasteiger partial charge on any atom is 0.435 e. The second-order valence-electron chi connectivity index (χ2n) is 2.32. The number of nitrogens with zero attached hydrogens (tertiary/aromatic N) is 2. The number of nitroso groups, excluding NO2 is 1. The van der Waals surface area contributed by atoms with Gasteiger partial charge < -0.3 is 0 Å². The molecule has 0 unspecified atom stereocenters. The molecule has 0 aliphatic heterocycles. The van der Waals surface area contributed by atoms with Gasteiger partial charge in [0.15, 0.2) is 11.4 Å². The Hall–Kier alpha value is -0.950. The first-order valence-electron chi connectivity index (χ1n) is 3.24. The molecule has 1 heterocycles. The number of hydrogen-bond acceptors (Lipinski definition) is 3. The van der Waals surface area contributed by atoms with E-state index in [1.165, 1.54) is 0 Å². The molecule has 9 heteroatoms. The monoisotopic (exact) mass is 262 g/mol. The fraction of sp³-hybridized carbons (Fsp3) is 0.167. The van der Waals surface area contributed by atoms with Gasteiger partial charge >= 0.3 is 6.18 Å². The predicted octanol–water partition coefficient (Wildman–Crippen LogP) is 3.94. The van der Waals surface area contributed by atoms with E-state index in [-0.39, 0.29) is 0 Å². The van der Waals surface area contributed by atoms with E-state index in [0.717, 1.165) is 0 Å². The van der Waals surface area contributed by atoms with Gasteiger partial charge in [0.1, 0.15) is 10.0 Å². The summed E-state index contributed by atoms with van der Waals surface area (Å²) < 4.78 is 49.3. The lowest BCUT2D eigenvalue weighted by molar-refractivity contribution is -0.141. The van der Waals surface area contributed by atoms with Crippen LogP contribution in [0.1, 0.15) is 5.69 Å². The zero-order chi connectivity index (χ0) is 11.8. The van der Waals surface area contributed by atoms with Gasteiger partial charge in [-0.15, -0.1) is 4.91 Å². The molecule has 0 aliphatic carbocycles. The fourth-order valence-electron chi connectivity index (χ4n) is 0.770. The highest BCUT2D eigenvalue weighted by molar-refractivity contribution is 6.39. The van der Waals surface area contributed by atoms with Gasteiger partial charge in [-0.25, -0.2) is 4.98 Å². The van der Waals surface area contributed by atoms with Crippen LogP contribution in [-0.2, 0) is 6.18 Å². The maximum atomic E-state index is 12.7. The Morgan fingerprint density at radius 1 is 1.20 bits per heavy atom. The Morgan fingerprint density at radius 3 is 2.13 bits per heavy atom. The first kappa shape index (κ1) is 12.1. The summed E-state index contributed by atoms with van der Waals surface area (Å²) in [5, 5.41) is 0.0477. The van der Waals surface area contributed by atoms with Crippen molar-refractivity contribution in [1.82, 2.24) is 4.98 Å². The summed E-state index contributed by atoms with van der Waals surface area (Å²) in [5.74, 6) is -1.65. The SMILES string of the molecule is O=Nc1c(Cl)c(F)nc(C(F)(F)F)c1Cl. The fourth-order valence-corrected chi connectivity index (χ4v) is 1.27. The van der Waals surface area contributed by atoms with Gasteiger partial charge in [0.05, 0.1) is 0 Å². The lowest BCUT2D eigenvalue weighted by atomic mass is 10.3. The second-order valence-corrected chi connectivity index (χ2v) is 3.07. The number of rotatable bonds is 1. The van der Waals surface area contributed by atoms with Gasteiger partial charge in [0.25, 0.3) is 0 Å². The summed E-state index contributed by atoms with van der Waals surface area (Å²) in [4.78, 5) is 12.6. The molecule has 0 atom stereocenters. The molecule has 0 fully saturated rings. The second kappa shape index (κ2) is 3.90. The van der Waals surface area contributed by atoms with Crippen LogP contribution >= 0.6 is 23.2 Å². The molecule has 0 saturated carbocycles. The highest BCUT2D eigenvalue weighted by atomic mass is 35.5. The smallest absolute Gasteiger partial charge is 0.212 e. The standard InChI is InChI=1S/C6Cl2F4N2O/c7-1-3(14-15)2(8)5(9)13-4(1)6(10,11)12. The van der Waals surface area contributed by atoms with E-state index in [9.17, 15) is 22.5 Å². The highest BCUT2D eigenvalue weighted by Crippen LogP contribution is 2.42. The van der Waals surface area contributed by atoms with Gasteiger partial charge in [0.2, 0.25) is 5.95 Å². The van der Waals surface area contributed by atoms with Crippen molar-refractivity contribution in [3.63, 3.8) is 0 Å². The van der Waals surface area contributed by atoms with E-state index < -0.39 is 33.6 Å². The molecular weight excluding hydrogens is 263 g/mol. The average Bonchev–Trinajstić information content (AvgIpc) is 2.10. The summed E-state index contributed by atoms with van der Waals surface area (Å²) in [6, 6.07) is 0. The summed E-state index contributed by atoms with van der Waals surface area (Å²) >= 11 is 10.3. The van der Waals surface area contributed by atoms with Crippen molar-refractivity contribution in [2.24, 2.45) is 5.18 Å².